The molecular formula is C23H17N5O3S. The molecule has 0 radical (unpaired) electrons. The molecule has 0 aliphatic heterocycles. The van der Waals surface area contributed by atoms with E-state index in [1.54, 1.807) is 34.9 Å². The molecule has 0 bridgehead atoms. The molecule has 0 atom stereocenters. The Hall–Kier alpha value is -4.16. The zero-order chi connectivity index (χ0) is 22.3. The van der Waals surface area contributed by atoms with Gasteiger partial charge in [0.2, 0.25) is 0 Å². The number of anilines is 1. The molecule has 32 heavy (non-hydrogen) atoms. The van der Waals surface area contributed by atoms with E-state index < -0.39 is 10.0 Å². The van der Waals surface area contributed by atoms with Crippen molar-refractivity contribution in [2.75, 3.05) is 4.72 Å². The largest absolute Gasteiger partial charge is 0.467 e. The number of aromatic nitrogens is 3. The van der Waals surface area contributed by atoms with Gasteiger partial charge < -0.3 is 8.98 Å². The van der Waals surface area contributed by atoms with Crippen LogP contribution in [0.25, 0.3) is 22.2 Å². The van der Waals surface area contributed by atoms with E-state index in [1.807, 2.05) is 25.1 Å². The van der Waals surface area contributed by atoms with E-state index in [0.717, 1.165) is 5.56 Å². The molecule has 8 nitrogen and oxygen atoms in total. The average Bonchev–Trinajstić information content (AvgIpc) is 3.39. The van der Waals surface area contributed by atoms with Gasteiger partial charge in [-0.2, -0.15) is 5.26 Å². The molecule has 158 valence electrons. The Bertz CT molecular complexity index is 1600. The van der Waals surface area contributed by atoms with Crippen LogP contribution in [-0.2, 0) is 16.6 Å². The molecule has 5 rings (SSSR count). The summed E-state index contributed by atoms with van der Waals surface area (Å²) in [5.74, 6) is 0.673. The highest BCUT2D eigenvalue weighted by molar-refractivity contribution is 7.92. The van der Waals surface area contributed by atoms with Crippen LogP contribution in [0, 0.1) is 18.3 Å². The third-order valence-corrected chi connectivity index (χ3v) is 6.47. The summed E-state index contributed by atoms with van der Waals surface area (Å²) >= 11 is 0. The highest BCUT2D eigenvalue weighted by atomic mass is 32.2. The van der Waals surface area contributed by atoms with E-state index in [9.17, 15) is 13.7 Å². The van der Waals surface area contributed by atoms with Crippen LogP contribution in [0.4, 0.5) is 5.82 Å². The summed E-state index contributed by atoms with van der Waals surface area (Å²) in [5, 5.41) is 9.94. The minimum Gasteiger partial charge on any atom is -0.467 e. The lowest BCUT2D eigenvalue weighted by molar-refractivity contribution is 0.497. The number of nitrogens with one attached hydrogen (secondary N) is 1. The van der Waals surface area contributed by atoms with Crippen LogP contribution in [0.3, 0.4) is 0 Å². The van der Waals surface area contributed by atoms with E-state index >= 15 is 0 Å². The Labute approximate surface area is 183 Å². The van der Waals surface area contributed by atoms with Gasteiger partial charge in [0.25, 0.3) is 10.0 Å². The van der Waals surface area contributed by atoms with Crippen LogP contribution in [0.15, 0.2) is 76.2 Å². The third-order valence-electron chi connectivity index (χ3n) is 5.12. The molecule has 0 saturated carbocycles. The Morgan fingerprint density at radius 2 is 1.75 bits per heavy atom. The maximum absolute atomic E-state index is 13.1. The molecule has 0 aliphatic carbocycles. The van der Waals surface area contributed by atoms with Crippen LogP contribution >= 0.6 is 0 Å². The number of furan rings is 1. The fourth-order valence-corrected chi connectivity index (χ4v) is 4.61. The number of fused-ring (bicyclic) bond motifs is 2. The highest BCUT2D eigenvalue weighted by Gasteiger charge is 2.25. The second-order valence-electron chi connectivity index (χ2n) is 7.30. The quantitative estimate of drug-likeness (QED) is 0.435. The molecule has 2 aromatic carbocycles. The van der Waals surface area contributed by atoms with Crippen molar-refractivity contribution in [1.29, 1.82) is 5.26 Å². The third kappa shape index (κ3) is 3.36. The van der Waals surface area contributed by atoms with Crippen LogP contribution < -0.4 is 4.72 Å². The topological polar surface area (TPSA) is 114 Å². The Kier molecular flexibility index (Phi) is 4.64. The summed E-state index contributed by atoms with van der Waals surface area (Å²) in [5.41, 5.74) is 2.99. The molecule has 0 spiro atoms. The zero-order valence-electron chi connectivity index (χ0n) is 17.0. The van der Waals surface area contributed by atoms with Crippen molar-refractivity contribution in [3.05, 3.63) is 83.8 Å². The summed E-state index contributed by atoms with van der Waals surface area (Å²) in [4.78, 5) is 9.37. The normalized spacial score (nSPS) is 11.6. The van der Waals surface area contributed by atoms with Gasteiger partial charge in [0.1, 0.15) is 28.7 Å². The number of benzene rings is 2. The van der Waals surface area contributed by atoms with Crippen LogP contribution in [0.2, 0.25) is 0 Å². The predicted octanol–water partition coefficient (Wildman–Crippen LogP) is 4.21. The van der Waals surface area contributed by atoms with E-state index in [4.69, 9.17) is 4.42 Å². The van der Waals surface area contributed by atoms with E-state index in [1.165, 1.54) is 18.4 Å². The maximum atomic E-state index is 13.1. The summed E-state index contributed by atoms with van der Waals surface area (Å²) < 4.78 is 36.0. The molecule has 9 heteroatoms. The standard InChI is InChI=1S/C23H17N5O3S/c1-15-8-10-17(11-9-15)32(29,30)27-22-18(13-24)21-23(28(22)14-16-5-4-12-31-16)26-20-7-3-2-6-19(20)25-21/h2-12,27H,14H2,1H3. The molecule has 1 N–H and O–H groups in total. The summed E-state index contributed by atoms with van der Waals surface area (Å²) in [6.07, 6.45) is 1.53. The van der Waals surface area contributed by atoms with Crippen LogP contribution in [-0.4, -0.2) is 23.0 Å². The van der Waals surface area contributed by atoms with Crippen molar-refractivity contribution >= 4 is 38.0 Å². The second-order valence-corrected chi connectivity index (χ2v) is 8.99. The number of nitriles is 1. The van der Waals surface area contributed by atoms with E-state index in [0.29, 0.717) is 28.0 Å². The molecule has 0 aliphatic rings. The lowest BCUT2D eigenvalue weighted by Crippen LogP contribution is -2.17. The van der Waals surface area contributed by atoms with Crippen molar-refractivity contribution in [2.45, 2.75) is 18.4 Å². The van der Waals surface area contributed by atoms with Crippen molar-refractivity contribution < 1.29 is 12.8 Å². The number of aryl methyl sites for hydroxylation is 1. The predicted molar refractivity (Wildman–Crippen MR) is 120 cm³/mol. The van der Waals surface area contributed by atoms with Crippen molar-refractivity contribution in [3.8, 4) is 6.07 Å². The number of hydrogen-bond donors (Lipinski definition) is 1. The first-order chi connectivity index (χ1) is 15.5. The first kappa shape index (κ1) is 19.8. The van der Waals surface area contributed by atoms with Crippen molar-refractivity contribution in [3.63, 3.8) is 0 Å². The van der Waals surface area contributed by atoms with Crippen LogP contribution in [0.5, 0.6) is 0 Å². The van der Waals surface area contributed by atoms with E-state index in [2.05, 4.69) is 20.8 Å². The molecule has 0 fully saturated rings. The molecule has 0 amide bonds. The lowest BCUT2D eigenvalue weighted by Gasteiger charge is -2.12. The first-order valence-corrected chi connectivity index (χ1v) is 11.3. The number of nitrogens with zero attached hydrogens (tertiary/aromatic N) is 4. The van der Waals surface area contributed by atoms with Gasteiger partial charge in [-0.25, -0.2) is 18.4 Å². The van der Waals surface area contributed by atoms with Gasteiger partial charge in [-0.15, -0.1) is 0 Å². The van der Waals surface area contributed by atoms with Gasteiger partial charge in [-0.3, -0.25) is 4.72 Å². The van der Waals surface area contributed by atoms with Crippen molar-refractivity contribution in [2.24, 2.45) is 0 Å². The molecule has 0 saturated heterocycles. The lowest BCUT2D eigenvalue weighted by atomic mass is 10.2. The van der Waals surface area contributed by atoms with Gasteiger partial charge in [0.05, 0.1) is 28.7 Å². The molecule has 5 aromatic rings. The fraction of sp³-hybridized carbons (Fsp3) is 0.0870. The fourth-order valence-electron chi connectivity index (χ4n) is 3.53. The number of para-hydroxylation sites is 2. The SMILES string of the molecule is Cc1ccc(S(=O)(=O)Nc2c(C#N)c3nc4ccccc4nc3n2Cc2ccco2)cc1. The number of sulfonamides is 1. The summed E-state index contributed by atoms with van der Waals surface area (Å²) in [6.45, 7) is 2.05. The van der Waals surface area contributed by atoms with Gasteiger partial charge >= 0.3 is 0 Å². The first-order valence-electron chi connectivity index (χ1n) is 9.77. The zero-order valence-corrected chi connectivity index (χ0v) is 17.8. The summed E-state index contributed by atoms with van der Waals surface area (Å²) in [7, 11) is -3.97. The molecule has 3 heterocycles. The monoisotopic (exact) mass is 443 g/mol. The minimum absolute atomic E-state index is 0.0906. The Balaban J connectivity index is 1.75. The Morgan fingerprint density at radius 3 is 2.41 bits per heavy atom. The maximum Gasteiger partial charge on any atom is 0.263 e. The molecule has 0 unspecified atom stereocenters. The Morgan fingerprint density at radius 1 is 1.03 bits per heavy atom. The van der Waals surface area contributed by atoms with Crippen molar-refractivity contribution in [1.82, 2.24) is 14.5 Å². The minimum atomic E-state index is -3.97. The second kappa shape index (κ2) is 7.51. The average molecular weight is 443 g/mol. The van der Waals surface area contributed by atoms with Gasteiger partial charge in [-0.05, 0) is 43.3 Å². The number of hydrogen-bond acceptors (Lipinski definition) is 6. The van der Waals surface area contributed by atoms with Gasteiger partial charge in [0, 0.05) is 0 Å². The van der Waals surface area contributed by atoms with Gasteiger partial charge in [0.15, 0.2) is 5.65 Å². The highest BCUT2D eigenvalue weighted by Crippen LogP contribution is 2.31. The summed E-state index contributed by atoms with van der Waals surface area (Å²) in [6, 6.07) is 19.4. The molecule has 3 aromatic heterocycles. The number of rotatable bonds is 5. The van der Waals surface area contributed by atoms with Crippen LogP contribution in [0.1, 0.15) is 16.9 Å². The van der Waals surface area contributed by atoms with Gasteiger partial charge in [-0.1, -0.05) is 29.8 Å². The molecular weight excluding hydrogens is 426 g/mol. The van der Waals surface area contributed by atoms with E-state index in [-0.39, 0.29) is 22.8 Å². The smallest absolute Gasteiger partial charge is 0.263 e.